The van der Waals surface area contributed by atoms with Crippen molar-refractivity contribution < 1.29 is 18.4 Å². The second kappa shape index (κ2) is 8.18. The number of benzene rings is 3. The van der Waals surface area contributed by atoms with Crippen molar-refractivity contribution in [2.24, 2.45) is 0 Å². The van der Waals surface area contributed by atoms with Crippen LogP contribution < -0.4 is 10.6 Å². The lowest BCUT2D eigenvalue weighted by Crippen LogP contribution is -2.18. The third-order valence-corrected chi connectivity index (χ3v) is 4.89. The number of carbonyl (C=O) groups is 2. The van der Waals surface area contributed by atoms with Gasteiger partial charge in [-0.25, -0.2) is 4.39 Å². The molecule has 4 aromatic rings. The number of fused-ring (bicyclic) bond motifs is 1. The number of hydrogen-bond donors (Lipinski definition) is 2. The number of para-hydroxylation sites is 2. The second-order valence-corrected chi connectivity index (χ2v) is 7.16. The van der Waals surface area contributed by atoms with Crippen LogP contribution in [-0.2, 0) is 0 Å². The summed E-state index contributed by atoms with van der Waals surface area (Å²) >= 11 is 12.0. The molecule has 0 aliphatic heterocycles. The molecule has 30 heavy (non-hydrogen) atoms. The van der Waals surface area contributed by atoms with E-state index in [9.17, 15) is 14.0 Å². The molecule has 3 aromatic carbocycles. The molecule has 0 saturated heterocycles. The van der Waals surface area contributed by atoms with Gasteiger partial charge in [0, 0.05) is 10.4 Å². The van der Waals surface area contributed by atoms with E-state index in [0.29, 0.717) is 16.0 Å². The van der Waals surface area contributed by atoms with Gasteiger partial charge in [0.1, 0.15) is 17.1 Å². The molecule has 0 saturated carbocycles. The molecule has 1 heterocycles. The molecule has 0 unspecified atom stereocenters. The average Bonchev–Trinajstić information content (AvgIpc) is 3.08. The first kappa shape index (κ1) is 19.9. The van der Waals surface area contributed by atoms with Crippen LogP contribution in [0.5, 0.6) is 0 Å². The summed E-state index contributed by atoms with van der Waals surface area (Å²) in [6, 6.07) is 17.0. The Balaban J connectivity index is 1.72. The number of anilines is 2. The van der Waals surface area contributed by atoms with E-state index < -0.39 is 17.6 Å². The van der Waals surface area contributed by atoms with E-state index in [1.165, 1.54) is 36.4 Å². The SMILES string of the molecule is O=C(Nc1c(C(=O)Nc2ccccc2F)oc2ccccc12)c1ccc(Cl)cc1Cl. The van der Waals surface area contributed by atoms with E-state index >= 15 is 0 Å². The Morgan fingerprint density at radius 1 is 0.867 bits per heavy atom. The number of hydrogen-bond acceptors (Lipinski definition) is 3. The molecule has 2 N–H and O–H groups in total. The Bertz CT molecular complexity index is 1290. The van der Waals surface area contributed by atoms with Crippen molar-refractivity contribution in [2.45, 2.75) is 0 Å². The Labute approximate surface area is 180 Å². The lowest BCUT2D eigenvalue weighted by molar-refractivity contribution is 0.0999. The Hall–Kier alpha value is -3.35. The van der Waals surface area contributed by atoms with Gasteiger partial charge in [0.25, 0.3) is 11.8 Å². The molecule has 8 heteroatoms. The summed E-state index contributed by atoms with van der Waals surface area (Å²) in [4.78, 5) is 25.6. The lowest BCUT2D eigenvalue weighted by Gasteiger charge is -2.09. The van der Waals surface area contributed by atoms with Gasteiger partial charge in [0.2, 0.25) is 5.76 Å². The van der Waals surface area contributed by atoms with Crippen LogP contribution in [0.2, 0.25) is 10.0 Å². The van der Waals surface area contributed by atoms with E-state index in [0.717, 1.165) is 0 Å². The second-order valence-electron chi connectivity index (χ2n) is 6.31. The Morgan fingerprint density at radius 3 is 2.37 bits per heavy atom. The van der Waals surface area contributed by atoms with Gasteiger partial charge < -0.3 is 15.1 Å². The third-order valence-electron chi connectivity index (χ3n) is 4.34. The maximum absolute atomic E-state index is 13.9. The van der Waals surface area contributed by atoms with Gasteiger partial charge in [-0.2, -0.15) is 0 Å². The molecule has 1 aromatic heterocycles. The molecule has 0 aliphatic carbocycles. The van der Waals surface area contributed by atoms with Crippen LogP contribution in [0.3, 0.4) is 0 Å². The van der Waals surface area contributed by atoms with Crippen molar-refractivity contribution >= 4 is 57.4 Å². The van der Waals surface area contributed by atoms with E-state index in [1.807, 2.05) is 0 Å². The minimum absolute atomic E-state index is 0.0130. The van der Waals surface area contributed by atoms with E-state index in [4.69, 9.17) is 27.6 Å². The summed E-state index contributed by atoms with van der Waals surface area (Å²) in [7, 11) is 0. The molecule has 150 valence electrons. The number of halogens is 3. The van der Waals surface area contributed by atoms with Crippen LogP contribution >= 0.6 is 23.2 Å². The number of furan rings is 1. The van der Waals surface area contributed by atoms with Crippen molar-refractivity contribution in [1.29, 1.82) is 0 Å². The number of nitrogens with one attached hydrogen (secondary N) is 2. The van der Waals surface area contributed by atoms with E-state index in [-0.39, 0.29) is 27.7 Å². The fourth-order valence-corrected chi connectivity index (χ4v) is 3.42. The highest BCUT2D eigenvalue weighted by Gasteiger charge is 2.24. The third kappa shape index (κ3) is 3.87. The first-order chi connectivity index (χ1) is 14.4. The number of rotatable bonds is 4. The van der Waals surface area contributed by atoms with Crippen LogP contribution in [0, 0.1) is 5.82 Å². The van der Waals surface area contributed by atoms with Crippen molar-refractivity contribution in [1.82, 2.24) is 0 Å². The largest absolute Gasteiger partial charge is 0.449 e. The van der Waals surface area contributed by atoms with Gasteiger partial charge in [-0.1, -0.05) is 47.5 Å². The molecular formula is C22H13Cl2FN2O3. The van der Waals surface area contributed by atoms with Crippen molar-refractivity contribution in [3.8, 4) is 0 Å². The zero-order valence-electron chi connectivity index (χ0n) is 15.2. The van der Waals surface area contributed by atoms with E-state index in [2.05, 4.69) is 10.6 Å². The topological polar surface area (TPSA) is 71.3 Å². The minimum atomic E-state index is -0.714. The summed E-state index contributed by atoms with van der Waals surface area (Å²) in [5, 5.41) is 6.18. The average molecular weight is 443 g/mol. The van der Waals surface area contributed by atoms with E-state index in [1.54, 1.807) is 30.3 Å². The van der Waals surface area contributed by atoms with Crippen LogP contribution in [0.4, 0.5) is 15.8 Å². The monoisotopic (exact) mass is 442 g/mol. The maximum Gasteiger partial charge on any atom is 0.293 e. The van der Waals surface area contributed by atoms with Gasteiger partial charge >= 0.3 is 0 Å². The molecule has 0 bridgehead atoms. The Morgan fingerprint density at radius 2 is 1.60 bits per heavy atom. The summed E-state index contributed by atoms with van der Waals surface area (Å²) < 4.78 is 19.6. The predicted octanol–water partition coefficient (Wildman–Crippen LogP) is 6.38. The van der Waals surface area contributed by atoms with Gasteiger partial charge in [-0.05, 0) is 42.5 Å². The molecule has 2 amide bonds. The summed E-state index contributed by atoms with van der Waals surface area (Å²) in [5.41, 5.74) is 0.692. The fraction of sp³-hybridized carbons (Fsp3) is 0. The smallest absolute Gasteiger partial charge is 0.293 e. The highest BCUT2D eigenvalue weighted by atomic mass is 35.5. The predicted molar refractivity (Wildman–Crippen MR) is 115 cm³/mol. The van der Waals surface area contributed by atoms with Crippen LogP contribution in [0.25, 0.3) is 11.0 Å². The maximum atomic E-state index is 13.9. The van der Waals surface area contributed by atoms with Gasteiger partial charge in [0.15, 0.2) is 0 Å². The standard InChI is InChI=1S/C22H13Cl2FN2O3/c23-12-9-10-13(15(24)11-12)21(28)27-19-14-5-1-4-8-18(14)30-20(19)22(29)26-17-7-3-2-6-16(17)25/h1-11H,(H,26,29)(H,27,28). The quantitative estimate of drug-likeness (QED) is 0.384. The lowest BCUT2D eigenvalue weighted by atomic mass is 10.1. The number of carbonyl (C=O) groups excluding carboxylic acids is 2. The van der Waals surface area contributed by atoms with Crippen LogP contribution in [0.1, 0.15) is 20.9 Å². The summed E-state index contributed by atoms with van der Waals surface area (Å²) in [5.74, 6) is -2.03. The molecule has 0 spiro atoms. The van der Waals surface area contributed by atoms with Crippen molar-refractivity contribution in [2.75, 3.05) is 10.6 Å². The Kier molecular flexibility index (Phi) is 5.44. The molecule has 5 nitrogen and oxygen atoms in total. The molecule has 0 aliphatic rings. The van der Waals surface area contributed by atoms with Crippen molar-refractivity contribution in [3.05, 3.63) is 93.9 Å². The summed E-state index contributed by atoms with van der Waals surface area (Å²) in [6.07, 6.45) is 0. The first-order valence-corrected chi connectivity index (χ1v) is 9.53. The molecule has 0 radical (unpaired) electrons. The zero-order chi connectivity index (χ0) is 21.3. The summed E-state index contributed by atoms with van der Waals surface area (Å²) in [6.45, 7) is 0. The highest BCUT2D eigenvalue weighted by Crippen LogP contribution is 2.33. The molecule has 4 rings (SSSR count). The molecule has 0 atom stereocenters. The number of amides is 2. The van der Waals surface area contributed by atoms with Crippen molar-refractivity contribution in [3.63, 3.8) is 0 Å². The van der Waals surface area contributed by atoms with Crippen LogP contribution in [-0.4, -0.2) is 11.8 Å². The van der Waals surface area contributed by atoms with Gasteiger partial charge in [0.05, 0.1) is 16.3 Å². The highest BCUT2D eigenvalue weighted by molar-refractivity contribution is 6.37. The normalized spacial score (nSPS) is 10.8. The fourth-order valence-electron chi connectivity index (χ4n) is 2.93. The molecule has 0 fully saturated rings. The van der Waals surface area contributed by atoms with Gasteiger partial charge in [-0.3, -0.25) is 9.59 Å². The first-order valence-electron chi connectivity index (χ1n) is 8.78. The van der Waals surface area contributed by atoms with Gasteiger partial charge in [-0.15, -0.1) is 0 Å². The molecular weight excluding hydrogens is 430 g/mol. The van der Waals surface area contributed by atoms with Crippen LogP contribution in [0.15, 0.2) is 71.1 Å². The zero-order valence-corrected chi connectivity index (χ0v) is 16.7. The minimum Gasteiger partial charge on any atom is -0.449 e.